The monoisotopic (exact) mass is 200 g/mol. The zero-order chi connectivity index (χ0) is 10.0. The summed E-state index contributed by atoms with van der Waals surface area (Å²) in [5.74, 6) is 0.0531. The third-order valence-corrected chi connectivity index (χ3v) is 2.79. The van der Waals surface area contributed by atoms with Crippen LogP contribution in [0.5, 0.6) is 0 Å². The predicted octanol–water partition coefficient (Wildman–Crippen LogP) is -0.342. The lowest BCUT2D eigenvalue weighted by Crippen LogP contribution is -2.38. The average molecular weight is 200 g/mol. The van der Waals surface area contributed by atoms with Gasteiger partial charge < -0.3 is 10.5 Å². The van der Waals surface area contributed by atoms with Crippen LogP contribution in [-0.2, 0) is 14.4 Å². The number of amides is 1. The third-order valence-electron chi connectivity index (χ3n) is 2.79. The average Bonchev–Trinajstić information content (AvgIpc) is 2.45. The van der Waals surface area contributed by atoms with Gasteiger partial charge in [0.25, 0.3) is 0 Å². The van der Waals surface area contributed by atoms with Crippen LogP contribution in [0, 0.1) is 0 Å². The number of hydroxylamine groups is 2. The van der Waals surface area contributed by atoms with Crippen LogP contribution in [0.25, 0.3) is 0 Å². The van der Waals surface area contributed by atoms with Crippen molar-refractivity contribution in [3.05, 3.63) is 0 Å². The van der Waals surface area contributed by atoms with Crippen LogP contribution in [-0.4, -0.2) is 42.9 Å². The molecule has 1 spiro atoms. The van der Waals surface area contributed by atoms with Crippen LogP contribution in [0.15, 0.2) is 0 Å². The van der Waals surface area contributed by atoms with Gasteiger partial charge in [-0.2, -0.15) is 0 Å². The van der Waals surface area contributed by atoms with Crippen molar-refractivity contribution in [3.63, 3.8) is 0 Å². The first kappa shape index (κ1) is 9.89. The molecule has 0 aliphatic carbocycles. The number of ether oxygens (including phenoxy) is 1. The fourth-order valence-corrected chi connectivity index (χ4v) is 1.98. The molecule has 2 N–H and O–H groups in total. The summed E-state index contributed by atoms with van der Waals surface area (Å²) in [7, 11) is 0. The summed E-state index contributed by atoms with van der Waals surface area (Å²) in [5, 5.41) is 1.41. The summed E-state index contributed by atoms with van der Waals surface area (Å²) in [5.41, 5.74) is 5.10. The minimum absolute atomic E-state index is 0.0531. The lowest BCUT2D eigenvalue weighted by molar-refractivity contribution is -0.216. The van der Waals surface area contributed by atoms with Gasteiger partial charge >= 0.3 is 0 Å². The van der Waals surface area contributed by atoms with E-state index in [1.54, 1.807) is 0 Å². The Bertz CT molecular complexity index is 226. The topological polar surface area (TPSA) is 64.8 Å². The van der Waals surface area contributed by atoms with E-state index in [1.807, 2.05) is 0 Å². The molecule has 0 unspecified atom stereocenters. The highest BCUT2D eigenvalue weighted by Crippen LogP contribution is 2.35. The molecular formula is C9H16N2O3. The highest BCUT2D eigenvalue weighted by atomic mass is 16.7. The third kappa shape index (κ3) is 1.75. The second-order valence-electron chi connectivity index (χ2n) is 3.85. The van der Waals surface area contributed by atoms with E-state index in [1.165, 1.54) is 5.06 Å². The van der Waals surface area contributed by atoms with Gasteiger partial charge in [0.15, 0.2) is 0 Å². The molecule has 0 aromatic carbocycles. The van der Waals surface area contributed by atoms with Crippen LogP contribution >= 0.6 is 0 Å². The first-order valence-electron chi connectivity index (χ1n) is 5.03. The summed E-state index contributed by atoms with van der Waals surface area (Å²) in [6, 6.07) is 0. The maximum atomic E-state index is 11.5. The zero-order valence-electron chi connectivity index (χ0n) is 8.20. The van der Waals surface area contributed by atoms with E-state index >= 15 is 0 Å². The summed E-state index contributed by atoms with van der Waals surface area (Å²) >= 11 is 0. The quantitative estimate of drug-likeness (QED) is 0.662. The summed E-state index contributed by atoms with van der Waals surface area (Å²) in [6.07, 6.45) is 2.09. The fourth-order valence-electron chi connectivity index (χ4n) is 1.98. The lowest BCUT2D eigenvalue weighted by atomic mass is 9.91. The van der Waals surface area contributed by atoms with Crippen LogP contribution < -0.4 is 5.73 Å². The molecule has 2 rings (SSSR count). The van der Waals surface area contributed by atoms with E-state index in [4.69, 9.17) is 15.3 Å². The Morgan fingerprint density at radius 2 is 2.14 bits per heavy atom. The fraction of sp³-hybridized carbons (Fsp3) is 0.889. The second-order valence-corrected chi connectivity index (χ2v) is 3.85. The highest BCUT2D eigenvalue weighted by Gasteiger charge is 2.45. The van der Waals surface area contributed by atoms with Crippen LogP contribution in [0.4, 0.5) is 0 Å². The maximum Gasteiger partial charge on any atom is 0.249 e. The van der Waals surface area contributed by atoms with Gasteiger partial charge in [0.1, 0.15) is 5.60 Å². The number of hydrogen-bond donors (Lipinski definition) is 1. The molecule has 0 saturated carbocycles. The van der Waals surface area contributed by atoms with E-state index in [-0.39, 0.29) is 11.5 Å². The Labute approximate surface area is 83.1 Å². The number of carbonyl (C=O) groups is 1. The molecule has 0 bridgehead atoms. The van der Waals surface area contributed by atoms with Crippen molar-refractivity contribution in [2.45, 2.75) is 24.9 Å². The first-order valence-corrected chi connectivity index (χ1v) is 5.03. The van der Waals surface area contributed by atoms with Crippen LogP contribution in [0.1, 0.15) is 19.3 Å². The van der Waals surface area contributed by atoms with E-state index in [2.05, 4.69) is 0 Å². The normalized spacial score (nSPS) is 26.1. The molecule has 1 amide bonds. The van der Waals surface area contributed by atoms with Gasteiger partial charge in [-0.25, -0.2) is 5.06 Å². The van der Waals surface area contributed by atoms with Crippen molar-refractivity contribution < 1.29 is 14.4 Å². The van der Waals surface area contributed by atoms with Gasteiger partial charge in [0, 0.05) is 32.6 Å². The Balaban J connectivity index is 1.99. The van der Waals surface area contributed by atoms with Gasteiger partial charge in [0.05, 0.1) is 13.0 Å². The smallest absolute Gasteiger partial charge is 0.249 e. The molecule has 0 aromatic rings. The Hall–Kier alpha value is -0.650. The molecule has 5 heteroatoms. The number of nitrogens with two attached hydrogens (primary N) is 1. The molecule has 80 valence electrons. The van der Waals surface area contributed by atoms with E-state index in [0.717, 1.165) is 12.8 Å². The zero-order valence-corrected chi connectivity index (χ0v) is 8.20. The Morgan fingerprint density at radius 1 is 1.43 bits per heavy atom. The van der Waals surface area contributed by atoms with E-state index in [0.29, 0.717) is 32.7 Å². The Kier molecular flexibility index (Phi) is 2.71. The molecule has 0 atom stereocenters. The molecule has 2 saturated heterocycles. The largest absolute Gasteiger partial charge is 0.381 e. The first-order chi connectivity index (χ1) is 6.76. The van der Waals surface area contributed by atoms with Crippen molar-refractivity contribution in [2.75, 3.05) is 26.3 Å². The number of hydrogen-bond acceptors (Lipinski definition) is 4. The van der Waals surface area contributed by atoms with Crippen molar-refractivity contribution in [2.24, 2.45) is 5.73 Å². The van der Waals surface area contributed by atoms with Gasteiger partial charge in [-0.15, -0.1) is 0 Å². The maximum absolute atomic E-state index is 11.5. The van der Waals surface area contributed by atoms with Crippen molar-refractivity contribution in [3.8, 4) is 0 Å². The van der Waals surface area contributed by atoms with E-state index in [9.17, 15) is 4.79 Å². The van der Waals surface area contributed by atoms with Crippen molar-refractivity contribution in [1.29, 1.82) is 0 Å². The van der Waals surface area contributed by atoms with Crippen LogP contribution in [0.2, 0.25) is 0 Å². The van der Waals surface area contributed by atoms with Gasteiger partial charge in [-0.05, 0) is 0 Å². The molecule has 2 heterocycles. The molecule has 2 aliphatic rings. The van der Waals surface area contributed by atoms with Crippen molar-refractivity contribution >= 4 is 5.91 Å². The van der Waals surface area contributed by atoms with E-state index < -0.39 is 0 Å². The molecule has 2 fully saturated rings. The molecular weight excluding hydrogens is 184 g/mol. The molecule has 14 heavy (non-hydrogen) atoms. The van der Waals surface area contributed by atoms with Crippen molar-refractivity contribution in [1.82, 2.24) is 5.06 Å². The number of nitrogens with zero attached hydrogens (tertiary/aromatic N) is 1. The summed E-state index contributed by atoms with van der Waals surface area (Å²) in [6.45, 7) is 2.30. The van der Waals surface area contributed by atoms with Gasteiger partial charge in [0.2, 0.25) is 5.91 Å². The summed E-state index contributed by atoms with van der Waals surface area (Å²) in [4.78, 5) is 17.2. The highest BCUT2D eigenvalue weighted by molar-refractivity contribution is 5.78. The Morgan fingerprint density at radius 3 is 2.79 bits per heavy atom. The number of carbonyl (C=O) groups excluding carboxylic acids is 1. The number of rotatable bonds is 2. The SMILES string of the molecule is NCCN1OC2(CCOCC2)CC1=O. The molecule has 0 radical (unpaired) electrons. The summed E-state index contributed by atoms with van der Waals surface area (Å²) < 4.78 is 5.25. The standard InChI is InChI=1S/C9H16N2O3/c10-3-4-11-8(12)7-9(14-11)1-5-13-6-2-9/h1-7,10H2. The van der Waals surface area contributed by atoms with Gasteiger partial charge in [-0.1, -0.05) is 0 Å². The molecule has 2 aliphatic heterocycles. The predicted molar refractivity (Wildman–Crippen MR) is 49.3 cm³/mol. The molecule has 5 nitrogen and oxygen atoms in total. The second kappa shape index (κ2) is 3.84. The minimum Gasteiger partial charge on any atom is -0.381 e. The molecule has 0 aromatic heterocycles. The lowest BCUT2D eigenvalue weighted by Gasteiger charge is -2.31. The minimum atomic E-state index is -0.287. The van der Waals surface area contributed by atoms with Gasteiger partial charge in [-0.3, -0.25) is 9.63 Å². The van der Waals surface area contributed by atoms with Crippen LogP contribution in [0.3, 0.4) is 0 Å².